The lowest BCUT2D eigenvalue weighted by Gasteiger charge is -2.10. The summed E-state index contributed by atoms with van der Waals surface area (Å²) < 4.78 is 18.8. The van der Waals surface area contributed by atoms with Gasteiger partial charge in [-0.3, -0.25) is 9.78 Å². The summed E-state index contributed by atoms with van der Waals surface area (Å²) in [6.45, 7) is 0.961. The number of rotatable bonds is 7. The number of carbonyl (C=O) groups is 1. The number of hydrogen-bond donors (Lipinski definition) is 2. The van der Waals surface area contributed by atoms with Crippen molar-refractivity contribution in [1.82, 2.24) is 20.5 Å². The maximum absolute atomic E-state index is 12.0. The zero-order valence-electron chi connectivity index (χ0n) is 14.1. The minimum absolute atomic E-state index is 0.0330. The summed E-state index contributed by atoms with van der Waals surface area (Å²) in [5.41, 5.74) is 2.08. The molecule has 1 unspecified atom stereocenters. The summed E-state index contributed by atoms with van der Waals surface area (Å²) in [6.07, 6.45) is 2.75. The average Bonchev–Trinajstić information content (AvgIpc) is 2.90. The van der Waals surface area contributed by atoms with Crippen LogP contribution in [-0.4, -0.2) is 59.2 Å². The molecule has 1 aromatic rings. The Labute approximate surface area is 144 Å². The Balaban J connectivity index is 1.80. The van der Waals surface area contributed by atoms with E-state index >= 15 is 0 Å². The monoisotopic (exact) mass is 350 g/mol. The smallest absolute Gasteiger partial charge is 0.269 e. The van der Waals surface area contributed by atoms with Gasteiger partial charge >= 0.3 is 0 Å². The molecule has 8 nitrogen and oxygen atoms in total. The number of likely N-dealkylation sites (N-methyl/N-ethyl adjacent to an activating group) is 1. The fourth-order valence-corrected chi connectivity index (χ4v) is 2.89. The van der Waals surface area contributed by atoms with E-state index in [-0.39, 0.29) is 12.3 Å². The van der Waals surface area contributed by atoms with Crippen molar-refractivity contribution in [2.45, 2.75) is 19.4 Å². The van der Waals surface area contributed by atoms with Crippen molar-refractivity contribution in [2.24, 2.45) is 8.80 Å². The highest BCUT2D eigenvalue weighted by atomic mass is 32.2. The fraction of sp³-hybridized carbons (Fsp3) is 0.467. The molecule has 2 N–H and O–H groups in total. The van der Waals surface area contributed by atoms with Gasteiger partial charge in [0.15, 0.2) is 17.5 Å². The van der Waals surface area contributed by atoms with Crippen molar-refractivity contribution in [3.8, 4) is 0 Å². The highest BCUT2D eigenvalue weighted by Gasteiger charge is 2.18. The zero-order chi connectivity index (χ0) is 17.5. The number of nitrogens with one attached hydrogen (secondary N) is 2. The van der Waals surface area contributed by atoms with Crippen molar-refractivity contribution in [1.29, 1.82) is 0 Å². The van der Waals surface area contributed by atoms with Crippen LogP contribution in [0.2, 0.25) is 0 Å². The van der Waals surface area contributed by atoms with Crippen LogP contribution in [0.4, 0.5) is 0 Å². The molecule has 0 amide bonds. The summed E-state index contributed by atoms with van der Waals surface area (Å²) >= 11 is -1.61. The molecule has 0 saturated carbocycles. The van der Waals surface area contributed by atoms with E-state index in [0.717, 1.165) is 12.2 Å². The Bertz CT molecular complexity index is 686. The van der Waals surface area contributed by atoms with Gasteiger partial charge in [-0.1, -0.05) is 0 Å². The van der Waals surface area contributed by atoms with Gasteiger partial charge in [-0.15, -0.1) is 8.80 Å². The van der Waals surface area contributed by atoms with Gasteiger partial charge in [0, 0.05) is 31.9 Å². The van der Waals surface area contributed by atoms with E-state index in [1.54, 1.807) is 13.2 Å². The fourth-order valence-electron chi connectivity index (χ4n) is 2.21. The van der Waals surface area contributed by atoms with Crippen LogP contribution in [0.3, 0.4) is 0 Å². The third-order valence-electron chi connectivity index (χ3n) is 3.29. The number of aryl methyl sites for hydroxylation is 1. The van der Waals surface area contributed by atoms with E-state index in [4.69, 9.17) is 0 Å². The Morgan fingerprint density at radius 3 is 2.75 bits per heavy atom. The van der Waals surface area contributed by atoms with Crippen LogP contribution in [-0.2, 0) is 28.9 Å². The van der Waals surface area contributed by atoms with E-state index in [2.05, 4.69) is 29.3 Å². The number of amidine groups is 2. The van der Waals surface area contributed by atoms with E-state index in [9.17, 15) is 9.00 Å². The van der Waals surface area contributed by atoms with Crippen LogP contribution in [0.1, 0.15) is 17.7 Å². The predicted molar refractivity (Wildman–Crippen MR) is 95.0 cm³/mol. The molecule has 0 aromatic carbocycles. The third-order valence-corrected chi connectivity index (χ3v) is 3.97. The molecule has 130 valence electrons. The molecule has 1 atom stereocenters. The minimum atomic E-state index is -1.61. The lowest BCUT2D eigenvalue weighted by molar-refractivity contribution is -0.118. The first-order valence-corrected chi connectivity index (χ1v) is 8.66. The molecule has 2 rings (SSSR count). The van der Waals surface area contributed by atoms with Gasteiger partial charge < -0.3 is 15.5 Å². The molecular formula is C15H22N6O2S. The number of Topliss-reactive ketones (excluding diaryl/α,β-unsaturated/α-hetero) is 1. The predicted octanol–water partition coefficient (Wildman–Crippen LogP) is -0.157. The van der Waals surface area contributed by atoms with Gasteiger partial charge in [-0.05, 0) is 38.2 Å². The number of nitrogens with zero attached hydrogens (tertiary/aromatic N) is 4. The van der Waals surface area contributed by atoms with Crippen LogP contribution in [0.5, 0.6) is 0 Å². The maximum atomic E-state index is 12.0. The summed E-state index contributed by atoms with van der Waals surface area (Å²) in [6, 6.07) is 4.00. The number of carbonyl (C=O) groups excluding carboxylic acids is 1. The standard InChI is InChI=1S/C15H22N6O2S/c1-16-14-15(20-24(23)19-14)18-9-13(22)5-4-12-8-11(6-7-17-12)10-21(2)3/h6-8H,4-5,9-10H2,1-3H3,(H,16,19)(H,18,20). The molecule has 0 fully saturated rings. The molecule has 0 radical (unpaired) electrons. The van der Waals surface area contributed by atoms with Gasteiger partial charge in [0.1, 0.15) is 0 Å². The summed E-state index contributed by atoms with van der Waals surface area (Å²) in [5, 5.41) is 5.66. The largest absolute Gasteiger partial charge is 0.369 e. The third kappa shape index (κ3) is 5.50. The quantitative estimate of drug-likeness (QED) is 0.709. The first-order valence-electron chi connectivity index (χ1n) is 7.59. The number of aromatic nitrogens is 1. The van der Waals surface area contributed by atoms with Crippen molar-refractivity contribution < 1.29 is 9.00 Å². The molecule has 0 saturated heterocycles. The van der Waals surface area contributed by atoms with Crippen LogP contribution in [0, 0.1) is 0 Å². The molecule has 2 heterocycles. The van der Waals surface area contributed by atoms with Crippen LogP contribution < -0.4 is 10.6 Å². The van der Waals surface area contributed by atoms with Gasteiger partial charge in [-0.25, -0.2) is 4.21 Å². The van der Waals surface area contributed by atoms with E-state index < -0.39 is 11.2 Å². The molecular weight excluding hydrogens is 328 g/mol. The highest BCUT2D eigenvalue weighted by Crippen LogP contribution is 2.06. The van der Waals surface area contributed by atoms with Gasteiger partial charge in [0.05, 0.1) is 6.54 Å². The lowest BCUT2D eigenvalue weighted by Crippen LogP contribution is -2.39. The summed E-state index contributed by atoms with van der Waals surface area (Å²) in [5.74, 6) is 0.792. The second-order valence-electron chi connectivity index (χ2n) is 5.65. The van der Waals surface area contributed by atoms with E-state index in [1.165, 1.54) is 5.56 Å². The molecule has 24 heavy (non-hydrogen) atoms. The van der Waals surface area contributed by atoms with Gasteiger partial charge in [-0.2, -0.15) is 0 Å². The van der Waals surface area contributed by atoms with E-state index in [0.29, 0.717) is 24.5 Å². The summed E-state index contributed by atoms with van der Waals surface area (Å²) in [4.78, 5) is 18.4. The van der Waals surface area contributed by atoms with Crippen molar-refractivity contribution in [3.63, 3.8) is 0 Å². The van der Waals surface area contributed by atoms with Crippen molar-refractivity contribution in [2.75, 3.05) is 27.7 Å². The van der Waals surface area contributed by atoms with Gasteiger partial charge in [0.2, 0.25) is 0 Å². The maximum Gasteiger partial charge on any atom is 0.269 e. The Morgan fingerprint density at radius 1 is 1.29 bits per heavy atom. The minimum Gasteiger partial charge on any atom is -0.369 e. The van der Waals surface area contributed by atoms with Gasteiger partial charge in [0.25, 0.3) is 11.2 Å². The second-order valence-corrected chi connectivity index (χ2v) is 6.47. The average molecular weight is 350 g/mol. The van der Waals surface area contributed by atoms with Crippen molar-refractivity contribution >= 4 is 28.6 Å². The topological polar surface area (TPSA) is 99.0 Å². The van der Waals surface area contributed by atoms with Crippen LogP contribution in [0.15, 0.2) is 27.1 Å². The molecule has 1 aliphatic rings. The second kappa shape index (κ2) is 8.65. The number of hydrogen-bond acceptors (Lipinski definition) is 6. The summed E-state index contributed by atoms with van der Waals surface area (Å²) in [7, 11) is 5.68. The highest BCUT2D eigenvalue weighted by molar-refractivity contribution is 7.83. The van der Waals surface area contributed by atoms with Crippen molar-refractivity contribution in [3.05, 3.63) is 29.6 Å². The first-order chi connectivity index (χ1) is 11.5. The number of ketones is 1. The lowest BCUT2D eigenvalue weighted by atomic mass is 10.1. The SMILES string of the molecule is CNC1=NS(=O)N=C1NCC(=O)CCc1cc(CN(C)C)ccn1. The molecule has 0 bridgehead atoms. The van der Waals surface area contributed by atoms with E-state index in [1.807, 2.05) is 26.2 Å². The molecule has 0 spiro atoms. The Kier molecular flexibility index (Phi) is 6.56. The number of pyridine rings is 1. The molecule has 1 aromatic heterocycles. The first kappa shape index (κ1) is 18.2. The van der Waals surface area contributed by atoms with Crippen LogP contribution >= 0.6 is 0 Å². The normalized spacial score (nSPS) is 16.8. The Hall–Kier alpha value is -2.13. The molecule has 9 heteroatoms. The molecule has 0 aliphatic carbocycles. The molecule has 1 aliphatic heterocycles. The Morgan fingerprint density at radius 2 is 2.04 bits per heavy atom. The zero-order valence-corrected chi connectivity index (χ0v) is 14.9. The van der Waals surface area contributed by atoms with Crippen LogP contribution in [0.25, 0.3) is 0 Å².